The maximum atomic E-state index is 12.8. The molecule has 188 valence electrons. The van der Waals surface area contributed by atoms with E-state index >= 15 is 0 Å². The smallest absolute Gasteiger partial charge is 0.243 e. The predicted molar refractivity (Wildman–Crippen MR) is 129 cm³/mol. The summed E-state index contributed by atoms with van der Waals surface area (Å²) in [5.74, 6) is -1.11. The quantitative estimate of drug-likeness (QED) is 0.168. The Bertz CT molecular complexity index is 516. The molecule has 8 nitrogen and oxygen atoms in total. The Labute approximate surface area is 194 Å². The summed E-state index contributed by atoms with van der Waals surface area (Å²) in [5, 5.41) is 14.4. The second kappa shape index (κ2) is 20.0. The van der Waals surface area contributed by atoms with Crippen molar-refractivity contribution in [3.05, 3.63) is 0 Å². The first kappa shape index (κ1) is 30.3. The first-order valence-electron chi connectivity index (χ1n) is 12.6. The molecule has 0 aliphatic rings. The molecule has 3 atom stereocenters. The van der Waals surface area contributed by atoms with Gasteiger partial charge in [0.1, 0.15) is 12.1 Å². The van der Waals surface area contributed by atoms with Crippen LogP contribution in [0.3, 0.4) is 0 Å². The molecule has 0 heterocycles. The Morgan fingerprint density at radius 1 is 0.844 bits per heavy atom. The highest BCUT2D eigenvalue weighted by atomic mass is 16.3. The van der Waals surface area contributed by atoms with Crippen molar-refractivity contribution in [2.45, 2.75) is 116 Å². The van der Waals surface area contributed by atoms with Crippen molar-refractivity contribution in [2.24, 2.45) is 17.4 Å². The van der Waals surface area contributed by atoms with Crippen molar-refractivity contribution in [3.63, 3.8) is 0 Å². The zero-order valence-corrected chi connectivity index (χ0v) is 20.4. The minimum Gasteiger partial charge on any atom is -0.396 e. The maximum Gasteiger partial charge on any atom is 0.243 e. The summed E-state index contributed by atoms with van der Waals surface area (Å²) in [6.45, 7) is 4.68. The number of rotatable bonds is 21. The van der Waals surface area contributed by atoms with Gasteiger partial charge < -0.3 is 27.2 Å². The summed E-state index contributed by atoms with van der Waals surface area (Å²) in [7, 11) is 0. The first-order chi connectivity index (χ1) is 15.4. The fraction of sp³-hybridized carbons (Fsp3) is 0.875. The zero-order chi connectivity index (χ0) is 24.2. The summed E-state index contributed by atoms with van der Waals surface area (Å²) in [4.78, 5) is 36.9. The minimum absolute atomic E-state index is 0.0534. The van der Waals surface area contributed by atoms with Crippen LogP contribution in [0.5, 0.6) is 0 Å². The standard InChI is InChI=1S/C24H48N4O4/c1-3-19(2)22(24(32)27-20(23(26)31)15-12-13-17-25)28-21(30)16-11-9-7-5-4-6-8-10-14-18-29/h19-20,22,29H,3-18,25H2,1-2H3,(H2,26,31)(H,27,32)(H,28,30). The van der Waals surface area contributed by atoms with E-state index in [2.05, 4.69) is 10.6 Å². The Hall–Kier alpha value is -1.67. The van der Waals surface area contributed by atoms with Crippen molar-refractivity contribution >= 4 is 17.7 Å². The normalized spacial score (nSPS) is 13.9. The molecule has 0 fully saturated rings. The maximum absolute atomic E-state index is 12.8. The average molecular weight is 457 g/mol. The molecule has 0 aromatic heterocycles. The van der Waals surface area contributed by atoms with Crippen molar-refractivity contribution in [3.8, 4) is 0 Å². The van der Waals surface area contributed by atoms with E-state index in [0.717, 1.165) is 51.4 Å². The van der Waals surface area contributed by atoms with Crippen LogP contribution in [0.25, 0.3) is 0 Å². The van der Waals surface area contributed by atoms with Crippen LogP contribution < -0.4 is 22.1 Å². The third-order valence-corrected chi connectivity index (χ3v) is 5.98. The molecular formula is C24H48N4O4. The minimum atomic E-state index is -0.749. The first-order valence-corrected chi connectivity index (χ1v) is 12.6. The fourth-order valence-corrected chi connectivity index (χ4v) is 3.62. The van der Waals surface area contributed by atoms with E-state index in [0.29, 0.717) is 25.8 Å². The number of unbranched alkanes of at least 4 members (excludes halogenated alkanes) is 9. The highest BCUT2D eigenvalue weighted by Crippen LogP contribution is 2.12. The molecule has 0 rings (SSSR count). The molecule has 0 radical (unpaired) electrons. The zero-order valence-electron chi connectivity index (χ0n) is 20.4. The Morgan fingerprint density at radius 2 is 1.41 bits per heavy atom. The van der Waals surface area contributed by atoms with Gasteiger partial charge in [-0.1, -0.05) is 65.2 Å². The van der Waals surface area contributed by atoms with Gasteiger partial charge in [-0.25, -0.2) is 0 Å². The Morgan fingerprint density at radius 3 is 1.91 bits per heavy atom. The van der Waals surface area contributed by atoms with E-state index in [4.69, 9.17) is 16.6 Å². The van der Waals surface area contributed by atoms with Gasteiger partial charge >= 0.3 is 0 Å². The highest BCUT2D eigenvalue weighted by molar-refractivity contribution is 5.91. The number of aliphatic hydroxyl groups is 1. The molecule has 0 aromatic rings. The molecule has 0 bridgehead atoms. The third-order valence-electron chi connectivity index (χ3n) is 5.98. The molecule has 7 N–H and O–H groups in total. The van der Waals surface area contributed by atoms with E-state index in [1.54, 1.807) is 0 Å². The summed E-state index contributed by atoms with van der Waals surface area (Å²) in [6, 6.07) is -1.43. The van der Waals surface area contributed by atoms with Gasteiger partial charge in [-0.05, 0) is 44.6 Å². The predicted octanol–water partition coefficient (Wildman–Crippen LogP) is 2.51. The van der Waals surface area contributed by atoms with Gasteiger partial charge in [0, 0.05) is 13.0 Å². The van der Waals surface area contributed by atoms with Crippen LogP contribution in [-0.4, -0.2) is 48.1 Å². The number of nitrogens with one attached hydrogen (secondary N) is 2. The second-order valence-corrected chi connectivity index (χ2v) is 8.83. The number of carbonyl (C=O) groups excluding carboxylic acids is 3. The van der Waals surface area contributed by atoms with E-state index in [-0.39, 0.29) is 24.3 Å². The van der Waals surface area contributed by atoms with Crippen LogP contribution in [0.1, 0.15) is 104 Å². The van der Waals surface area contributed by atoms with Gasteiger partial charge in [-0.3, -0.25) is 14.4 Å². The lowest BCUT2D eigenvalue weighted by Gasteiger charge is -2.26. The number of carbonyl (C=O) groups is 3. The summed E-state index contributed by atoms with van der Waals surface area (Å²) < 4.78 is 0. The van der Waals surface area contributed by atoms with Crippen LogP contribution in [0.4, 0.5) is 0 Å². The third kappa shape index (κ3) is 15.2. The summed E-state index contributed by atoms with van der Waals surface area (Å²) in [5.41, 5.74) is 10.9. The van der Waals surface area contributed by atoms with Gasteiger partial charge in [0.15, 0.2) is 0 Å². The van der Waals surface area contributed by atoms with Crippen molar-refractivity contribution < 1.29 is 19.5 Å². The molecule has 8 heteroatoms. The van der Waals surface area contributed by atoms with Crippen molar-refractivity contribution in [1.82, 2.24) is 10.6 Å². The van der Waals surface area contributed by atoms with Crippen LogP contribution in [0.2, 0.25) is 0 Å². The molecule has 0 aliphatic carbocycles. The molecule has 0 aliphatic heterocycles. The van der Waals surface area contributed by atoms with Gasteiger partial charge in [0.25, 0.3) is 0 Å². The monoisotopic (exact) mass is 456 g/mol. The lowest BCUT2D eigenvalue weighted by atomic mass is 9.97. The van der Waals surface area contributed by atoms with Crippen LogP contribution in [0.15, 0.2) is 0 Å². The van der Waals surface area contributed by atoms with Crippen LogP contribution in [-0.2, 0) is 14.4 Å². The molecular weight excluding hydrogens is 408 g/mol. The second-order valence-electron chi connectivity index (χ2n) is 8.83. The molecule has 0 saturated heterocycles. The molecule has 0 saturated carbocycles. The number of primary amides is 1. The van der Waals surface area contributed by atoms with E-state index in [1.807, 2.05) is 13.8 Å². The number of amides is 3. The van der Waals surface area contributed by atoms with Gasteiger partial charge in [0.2, 0.25) is 17.7 Å². The number of hydrogen-bond donors (Lipinski definition) is 5. The lowest BCUT2D eigenvalue weighted by molar-refractivity contribution is -0.132. The van der Waals surface area contributed by atoms with E-state index in [9.17, 15) is 14.4 Å². The summed E-state index contributed by atoms with van der Waals surface area (Å²) >= 11 is 0. The van der Waals surface area contributed by atoms with E-state index in [1.165, 1.54) is 19.3 Å². The molecule has 3 amide bonds. The largest absolute Gasteiger partial charge is 0.396 e. The van der Waals surface area contributed by atoms with Gasteiger partial charge in [-0.15, -0.1) is 0 Å². The summed E-state index contributed by atoms with van der Waals surface area (Å²) in [6.07, 6.45) is 12.6. The van der Waals surface area contributed by atoms with Crippen LogP contribution >= 0.6 is 0 Å². The van der Waals surface area contributed by atoms with Gasteiger partial charge in [0.05, 0.1) is 0 Å². The Balaban J connectivity index is 4.35. The SMILES string of the molecule is CCC(C)C(NC(=O)CCCCCCCCCCCO)C(=O)NC(CCCCN)C(N)=O. The Kier molecular flexibility index (Phi) is 18.9. The average Bonchev–Trinajstić information content (AvgIpc) is 2.77. The van der Waals surface area contributed by atoms with Gasteiger partial charge in [-0.2, -0.15) is 0 Å². The molecule has 0 aromatic carbocycles. The lowest BCUT2D eigenvalue weighted by Crippen LogP contribution is -2.55. The van der Waals surface area contributed by atoms with Crippen molar-refractivity contribution in [2.75, 3.05) is 13.2 Å². The molecule has 32 heavy (non-hydrogen) atoms. The fourth-order valence-electron chi connectivity index (χ4n) is 3.62. The van der Waals surface area contributed by atoms with Crippen molar-refractivity contribution in [1.29, 1.82) is 0 Å². The van der Waals surface area contributed by atoms with Crippen LogP contribution in [0, 0.1) is 5.92 Å². The van der Waals surface area contributed by atoms with E-state index < -0.39 is 18.0 Å². The number of hydrogen-bond acceptors (Lipinski definition) is 5. The number of aliphatic hydroxyl groups excluding tert-OH is 1. The number of nitrogens with two attached hydrogens (primary N) is 2. The molecule has 3 unspecified atom stereocenters. The highest BCUT2D eigenvalue weighted by Gasteiger charge is 2.28. The topological polar surface area (TPSA) is 148 Å². The molecule has 0 spiro atoms.